The summed E-state index contributed by atoms with van der Waals surface area (Å²) in [5.74, 6) is 2.09. The SMILES string of the molecule is CN(C)S(=O)(=O)c1cccc(N2CCSCC2)c1N. The van der Waals surface area contributed by atoms with Gasteiger partial charge in [0.15, 0.2) is 0 Å². The van der Waals surface area contributed by atoms with Crippen molar-refractivity contribution in [1.29, 1.82) is 0 Å². The zero-order valence-corrected chi connectivity index (χ0v) is 12.8. The van der Waals surface area contributed by atoms with Crippen molar-refractivity contribution in [3.05, 3.63) is 18.2 Å². The number of hydrogen-bond donors (Lipinski definition) is 1. The molecule has 1 aromatic carbocycles. The molecule has 0 atom stereocenters. The van der Waals surface area contributed by atoms with E-state index in [9.17, 15) is 8.42 Å². The van der Waals surface area contributed by atoms with E-state index in [-0.39, 0.29) is 4.90 Å². The predicted octanol–water partition coefficient (Wildman–Crippen LogP) is 1.07. The van der Waals surface area contributed by atoms with Crippen LogP contribution in [-0.4, -0.2) is 51.4 Å². The molecule has 19 heavy (non-hydrogen) atoms. The summed E-state index contributed by atoms with van der Waals surface area (Å²) in [4.78, 5) is 2.34. The van der Waals surface area contributed by atoms with Crippen LogP contribution >= 0.6 is 11.8 Å². The van der Waals surface area contributed by atoms with Gasteiger partial charge in [-0.05, 0) is 12.1 Å². The van der Waals surface area contributed by atoms with Gasteiger partial charge in [0.1, 0.15) is 4.90 Å². The van der Waals surface area contributed by atoms with Crippen molar-refractivity contribution < 1.29 is 8.42 Å². The number of hydrogen-bond acceptors (Lipinski definition) is 5. The van der Waals surface area contributed by atoms with Gasteiger partial charge in [0.05, 0.1) is 11.4 Å². The van der Waals surface area contributed by atoms with E-state index in [0.717, 1.165) is 30.3 Å². The predicted molar refractivity (Wildman–Crippen MR) is 81.3 cm³/mol. The minimum absolute atomic E-state index is 0.188. The molecule has 1 heterocycles. The molecular weight excluding hydrogens is 282 g/mol. The molecule has 0 saturated carbocycles. The molecule has 1 saturated heterocycles. The van der Waals surface area contributed by atoms with E-state index in [0.29, 0.717) is 5.69 Å². The van der Waals surface area contributed by atoms with E-state index in [4.69, 9.17) is 5.73 Å². The van der Waals surface area contributed by atoms with Crippen LogP contribution in [0.3, 0.4) is 0 Å². The van der Waals surface area contributed by atoms with Crippen molar-refractivity contribution in [1.82, 2.24) is 4.31 Å². The van der Waals surface area contributed by atoms with Crippen molar-refractivity contribution >= 4 is 33.2 Å². The van der Waals surface area contributed by atoms with E-state index in [1.807, 2.05) is 17.8 Å². The van der Waals surface area contributed by atoms with E-state index < -0.39 is 10.0 Å². The average molecular weight is 301 g/mol. The summed E-state index contributed by atoms with van der Waals surface area (Å²) in [7, 11) is -0.467. The molecule has 5 nitrogen and oxygen atoms in total. The van der Waals surface area contributed by atoms with Crippen LogP contribution in [0.5, 0.6) is 0 Å². The summed E-state index contributed by atoms with van der Waals surface area (Å²) in [5.41, 5.74) is 7.26. The summed E-state index contributed by atoms with van der Waals surface area (Å²) >= 11 is 1.90. The van der Waals surface area contributed by atoms with Gasteiger partial charge < -0.3 is 10.6 Å². The maximum absolute atomic E-state index is 12.2. The maximum Gasteiger partial charge on any atom is 0.244 e. The first-order valence-electron chi connectivity index (χ1n) is 6.08. The van der Waals surface area contributed by atoms with Crippen LogP contribution in [0.1, 0.15) is 0 Å². The lowest BCUT2D eigenvalue weighted by atomic mass is 10.2. The van der Waals surface area contributed by atoms with Crippen molar-refractivity contribution in [2.24, 2.45) is 0 Å². The highest BCUT2D eigenvalue weighted by molar-refractivity contribution is 7.99. The number of benzene rings is 1. The van der Waals surface area contributed by atoms with Crippen molar-refractivity contribution in [3.63, 3.8) is 0 Å². The number of rotatable bonds is 3. The van der Waals surface area contributed by atoms with Gasteiger partial charge in [0.2, 0.25) is 10.0 Å². The fourth-order valence-electron chi connectivity index (χ4n) is 2.03. The Bertz CT molecular complexity index is 552. The van der Waals surface area contributed by atoms with Crippen LogP contribution in [0, 0.1) is 0 Å². The van der Waals surface area contributed by atoms with Crippen LogP contribution < -0.4 is 10.6 Å². The Kier molecular flexibility index (Phi) is 4.27. The molecule has 106 valence electrons. The number of nitrogen functional groups attached to an aromatic ring is 1. The number of anilines is 2. The normalized spacial score (nSPS) is 16.9. The number of sulfonamides is 1. The van der Waals surface area contributed by atoms with Crippen LogP contribution in [0.2, 0.25) is 0 Å². The Labute approximate surface area is 118 Å². The molecule has 1 aliphatic rings. The van der Waals surface area contributed by atoms with E-state index >= 15 is 0 Å². The highest BCUT2D eigenvalue weighted by Gasteiger charge is 2.23. The van der Waals surface area contributed by atoms with Gasteiger partial charge in [0.25, 0.3) is 0 Å². The summed E-state index contributed by atoms with van der Waals surface area (Å²) in [6, 6.07) is 5.21. The summed E-state index contributed by atoms with van der Waals surface area (Å²) in [6.45, 7) is 1.81. The second-order valence-corrected chi connectivity index (χ2v) is 7.92. The van der Waals surface area contributed by atoms with Crippen LogP contribution in [0.15, 0.2) is 23.1 Å². The van der Waals surface area contributed by atoms with Gasteiger partial charge in [-0.2, -0.15) is 11.8 Å². The van der Waals surface area contributed by atoms with Crippen molar-refractivity contribution in [2.45, 2.75) is 4.90 Å². The second-order valence-electron chi connectivity index (χ2n) is 4.58. The molecule has 0 unspecified atom stereocenters. The van der Waals surface area contributed by atoms with E-state index in [1.54, 1.807) is 12.1 Å². The maximum atomic E-state index is 12.2. The third-order valence-corrected chi connectivity index (χ3v) is 5.97. The Hall–Kier alpha value is -0.920. The minimum atomic E-state index is -3.49. The Balaban J connectivity index is 2.43. The van der Waals surface area contributed by atoms with Gasteiger partial charge >= 0.3 is 0 Å². The molecule has 1 aromatic rings. The van der Waals surface area contributed by atoms with Gasteiger partial charge in [-0.1, -0.05) is 6.07 Å². The highest BCUT2D eigenvalue weighted by Crippen LogP contribution is 2.32. The zero-order valence-electron chi connectivity index (χ0n) is 11.2. The first-order chi connectivity index (χ1) is 8.94. The van der Waals surface area contributed by atoms with Crippen LogP contribution in [0.25, 0.3) is 0 Å². The number of nitrogens with two attached hydrogens (primary N) is 1. The van der Waals surface area contributed by atoms with Crippen LogP contribution in [-0.2, 0) is 10.0 Å². The Morgan fingerprint density at radius 2 is 1.89 bits per heavy atom. The number of thioether (sulfide) groups is 1. The van der Waals surface area contributed by atoms with Gasteiger partial charge in [0, 0.05) is 38.7 Å². The average Bonchev–Trinajstić information content (AvgIpc) is 2.39. The number of nitrogens with zero attached hydrogens (tertiary/aromatic N) is 2. The molecule has 1 fully saturated rings. The monoisotopic (exact) mass is 301 g/mol. The lowest BCUT2D eigenvalue weighted by molar-refractivity contribution is 0.521. The molecule has 0 aliphatic carbocycles. The fourth-order valence-corrected chi connectivity index (χ4v) is 3.96. The quantitative estimate of drug-likeness (QED) is 0.846. The Morgan fingerprint density at radius 3 is 2.47 bits per heavy atom. The highest BCUT2D eigenvalue weighted by atomic mass is 32.2. The topological polar surface area (TPSA) is 66.6 Å². The molecular formula is C12H19N3O2S2. The fraction of sp³-hybridized carbons (Fsp3) is 0.500. The van der Waals surface area contributed by atoms with E-state index in [2.05, 4.69) is 4.90 Å². The molecule has 0 amide bonds. The lowest BCUT2D eigenvalue weighted by Crippen LogP contribution is -2.33. The molecule has 0 radical (unpaired) electrons. The number of para-hydroxylation sites is 1. The third-order valence-electron chi connectivity index (χ3n) is 3.15. The summed E-state index contributed by atoms with van der Waals surface area (Å²) in [6.07, 6.45) is 0. The smallest absolute Gasteiger partial charge is 0.244 e. The zero-order chi connectivity index (χ0) is 14.0. The molecule has 0 aromatic heterocycles. The standard InChI is InChI=1S/C12H19N3O2S2/c1-14(2)19(16,17)11-5-3-4-10(12(11)13)15-6-8-18-9-7-15/h3-5H,6-9,13H2,1-2H3. The second kappa shape index (κ2) is 5.60. The summed E-state index contributed by atoms with van der Waals surface area (Å²) < 4.78 is 25.6. The molecule has 2 N–H and O–H groups in total. The molecule has 0 bridgehead atoms. The molecule has 2 rings (SSSR count). The molecule has 0 spiro atoms. The van der Waals surface area contributed by atoms with Crippen molar-refractivity contribution in [3.8, 4) is 0 Å². The van der Waals surface area contributed by atoms with Crippen molar-refractivity contribution in [2.75, 3.05) is 49.3 Å². The first kappa shape index (κ1) is 14.5. The summed E-state index contributed by atoms with van der Waals surface area (Å²) in [5, 5.41) is 0. The van der Waals surface area contributed by atoms with Crippen LogP contribution in [0.4, 0.5) is 11.4 Å². The largest absolute Gasteiger partial charge is 0.396 e. The van der Waals surface area contributed by atoms with Gasteiger partial charge in [-0.25, -0.2) is 12.7 Å². The van der Waals surface area contributed by atoms with Gasteiger partial charge in [-0.15, -0.1) is 0 Å². The van der Waals surface area contributed by atoms with Gasteiger partial charge in [-0.3, -0.25) is 0 Å². The third kappa shape index (κ3) is 2.82. The molecule has 7 heteroatoms. The van der Waals surface area contributed by atoms with E-state index in [1.165, 1.54) is 18.4 Å². The minimum Gasteiger partial charge on any atom is -0.396 e. The Morgan fingerprint density at radius 1 is 1.26 bits per heavy atom. The molecule has 1 aliphatic heterocycles. The lowest BCUT2D eigenvalue weighted by Gasteiger charge is -2.30. The first-order valence-corrected chi connectivity index (χ1v) is 8.68.